The molecular formula is H5F2MgNa. The molecule has 0 saturated heterocycles. The monoisotopic (exact) mass is 90.0 g/mol. The smallest absolute Gasteiger partial charge is 1.00 e. The molecule has 0 unspecified atom stereocenters. The second-order valence-corrected chi connectivity index (χ2v) is 0. The maximum Gasteiger partial charge on any atom is 2.00 e. The molecule has 0 spiro atoms. The quantitative estimate of drug-likeness (QED) is 0.283. The number of hydrogen-bond acceptors (Lipinski definition) is 0. The van der Waals surface area contributed by atoms with E-state index in [9.17, 15) is 0 Å². The van der Waals surface area contributed by atoms with Crippen LogP contribution in [0.15, 0.2) is 0 Å². The van der Waals surface area contributed by atoms with E-state index in [1.807, 2.05) is 0 Å². The van der Waals surface area contributed by atoms with Crippen LogP contribution < -0.4 is 29.6 Å². The van der Waals surface area contributed by atoms with Crippen molar-refractivity contribution in [3.63, 3.8) is 0 Å². The van der Waals surface area contributed by atoms with E-state index in [0.717, 1.165) is 0 Å². The van der Waals surface area contributed by atoms with Crippen molar-refractivity contribution in [3.8, 4) is 0 Å². The van der Waals surface area contributed by atoms with Crippen molar-refractivity contribution in [1.82, 2.24) is 0 Å². The average molecular weight is 90.3 g/mol. The molecule has 0 rings (SSSR count). The fourth-order valence-corrected chi connectivity index (χ4v) is 0. The summed E-state index contributed by atoms with van der Waals surface area (Å²) >= 11 is 0. The first-order valence-electron chi connectivity index (χ1n) is 0. The van der Waals surface area contributed by atoms with Crippen LogP contribution in [-0.4, -0.2) is 23.1 Å². The average Bonchev–Trinajstić information content (AvgIpc) is 0. The topological polar surface area (TPSA) is 0 Å². The molecule has 0 aromatic heterocycles. The Morgan fingerprint density at radius 1 is 1.00 bits per heavy atom. The van der Waals surface area contributed by atoms with Gasteiger partial charge in [-0.2, -0.15) is 0 Å². The second kappa shape index (κ2) is 23.0. The molecule has 0 fully saturated rings. The van der Waals surface area contributed by atoms with E-state index in [-0.39, 0.29) is 66.3 Å². The largest absolute Gasteiger partial charge is 2.00 e. The summed E-state index contributed by atoms with van der Waals surface area (Å²) in [5.41, 5.74) is 0. The third-order valence-electron chi connectivity index (χ3n) is 0. The summed E-state index contributed by atoms with van der Waals surface area (Å²) in [4.78, 5) is 0. The molecule has 4 heteroatoms. The van der Waals surface area contributed by atoms with Gasteiger partial charge in [-0.3, -0.25) is 9.41 Å². The van der Waals surface area contributed by atoms with Crippen LogP contribution in [0.4, 0.5) is 9.41 Å². The van der Waals surface area contributed by atoms with Crippen LogP contribution in [0.2, 0.25) is 0 Å². The van der Waals surface area contributed by atoms with Crippen LogP contribution in [0.5, 0.6) is 0 Å². The number of hydrogen-bond donors (Lipinski definition) is 0. The summed E-state index contributed by atoms with van der Waals surface area (Å²) in [6.07, 6.45) is 0. The summed E-state index contributed by atoms with van der Waals surface area (Å²) < 4.78 is 0. The molecule has 22 valence electrons. The van der Waals surface area contributed by atoms with Crippen LogP contribution in [0.25, 0.3) is 0 Å². The van der Waals surface area contributed by atoms with Gasteiger partial charge < -0.3 is 4.28 Å². The molecule has 0 aliphatic heterocycles. The third kappa shape index (κ3) is 9.46. The van der Waals surface area contributed by atoms with E-state index in [0.29, 0.717) is 0 Å². The van der Waals surface area contributed by atoms with Gasteiger partial charge in [0.05, 0.1) is 0 Å². The van der Waals surface area contributed by atoms with E-state index < -0.39 is 0 Å². The van der Waals surface area contributed by atoms with Gasteiger partial charge in [0.15, 0.2) is 0 Å². The predicted molar refractivity (Wildman–Crippen MR) is 14.1 cm³/mol. The zero-order valence-corrected chi connectivity index (χ0v) is 5.94. The molecular weight excluding hydrogens is 85.3 g/mol. The normalized spacial score (nSPS) is 0. The van der Waals surface area contributed by atoms with Crippen molar-refractivity contribution < 1.29 is 43.2 Å². The molecule has 0 nitrogen and oxygen atoms in total. The van der Waals surface area contributed by atoms with E-state index in [4.69, 9.17) is 0 Å². The molecule has 0 aliphatic rings. The Kier molecular flexibility index (Phi) is 262. The summed E-state index contributed by atoms with van der Waals surface area (Å²) in [6.45, 7) is 0. The van der Waals surface area contributed by atoms with Gasteiger partial charge in [0.1, 0.15) is 0 Å². The Morgan fingerprint density at radius 3 is 1.00 bits per heavy atom. The van der Waals surface area contributed by atoms with Crippen molar-refractivity contribution in [3.05, 3.63) is 0 Å². The minimum absolute atomic E-state index is 0. The summed E-state index contributed by atoms with van der Waals surface area (Å²) in [5, 5.41) is 0. The Labute approximate surface area is 66.0 Å². The number of rotatable bonds is 0. The molecule has 0 aliphatic carbocycles. The molecule has 4 heavy (non-hydrogen) atoms. The first kappa shape index (κ1) is 45.5. The van der Waals surface area contributed by atoms with Gasteiger partial charge in [-0.1, -0.05) is 0 Å². The van der Waals surface area contributed by atoms with Crippen molar-refractivity contribution in [2.24, 2.45) is 0 Å². The molecule has 0 atom stereocenters. The molecule has 0 bridgehead atoms. The van der Waals surface area contributed by atoms with E-state index in [1.54, 1.807) is 0 Å². The van der Waals surface area contributed by atoms with Crippen molar-refractivity contribution in [2.45, 2.75) is 0 Å². The summed E-state index contributed by atoms with van der Waals surface area (Å²) in [7, 11) is 0. The van der Waals surface area contributed by atoms with E-state index >= 15 is 0 Å². The van der Waals surface area contributed by atoms with Crippen LogP contribution in [0.1, 0.15) is 4.28 Å². The molecule has 0 aromatic carbocycles. The first-order chi connectivity index (χ1) is 0. The summed E-state index contributed by atoms with van der Waals surface area (Å²) in [5.74, 6) is 0. The van der Waals surface area contributed by atoms with Crippen LogP contribution in [0.3, 0.4) is 0 Å². The van der Waals surface area contributed by atoms with Gasteiger partial charge in [0.25, 0.3) is 0 Å². The van der Waals surface area contributed by atoms with Gasteiger partial charge >= 0.3 is 52.6 Å². The number of halogens is 2. The van der Waals surface area contributed by atoms with Crippen LogP contribution in [-0.2, 0) is 0 Å². The molecule has 0 radical (unpaired) electrons. The zero-order chi connectivity index (χ0) is 0. The van der Waals surface area contributed by atoms with Crippen molar-refractivity contribution in [2.75, 3.05) is 0 Å². The second-order valence-electron chi connectivity index (χ2n) is 0. The Balaban J connectivity index is 0. The third-order valence-corrected chi connectivity index (χ3v) is 0. The standard InChI is InChI=1S/2FH.Mg.Na.3H/h2*1H;;;;;/q;;+2;+1;3*-1. The maximum absolute atomic E-state index is 0. The van der Waals surface area contributed by atoms with Gasteiger partial charge in [-0.15, -0.1) is 0 Å². The molecule has 0 N–H and O–H groups in total. The predicted octanol–water partition coefficient (Wildman–Crippen LogP) is -2.73. The van der Waals surface area contributed by atoms with Gasteiger partial charge in [-0.05, 0) is 0 Å². The minimum Gasteiger partial charge on any atom is -1.00 e. The SMILES string of the molecule is F.F.[H-].[H-].[H-].[Mg+2].[Na+]. The molecule has 0 amide bonds. The Morgan fingerprint density at radius 2 is 1.00 bits per heavy atom. The van der Waals surface area contributed by atoms with Gasteiger partial charge in [0.2, 0.25) is 0 Å². The molecule has 0 saturated carbocycles. The van der Waals surface area contributed by atoms with Gasteiger partial charge in [0, 0.05) is 0 Å². The van der Waals surface area contributed by atoms with Gasteiger partial charge in [-0.25, -0.2) is 0 Å². The fourth-order valence-electron chi connectivity index (χ4n) is 0. The molecule has 0 heterocycles. The Hall–Kier alpha value is 1.63. The fraction of sp³-hybridized carbons (Fsp3) is 0. The maximum atomic E-state index is 0. The Bertz CT molecular complexity index is 12.9. The van der Waals surface area contributed by atoms with Crippen molar-refractivity contribution >= 4 is 23.1 Å². The minimum atomic E-state index is 0. The van der Waals surface area contributed by atoms with Crippen molar-refractivity contribution in [1.29, 1.82) is 0 Å². The van der Waals surface area contributed by atoms with E-state index in [2.05, 4.69) is 0 Å². The summed E-state index contributed by atoms with van der Waals surface area (Å²) in [6, 6.07) is 0. The molecule has 0 aromatic rings. The van der Waals surface area contributed by atoms with E-state index in [1.165, 1.54) is 0 Å². The van der Waals surface area contributed by atoms with Crippen LogP contribution >= 0.6 is 0 Å². The zero-order valence-electron chi connectivity index (χ0n) is 5.52. The first-order valence-corrected chi connectivity index (χ1v) is 0. The van der Waals surface area contributed by atoms with Crippen LogP contribution in [0, 0.1) is 0 Å².